The summed E-state index contributed by atoms with van der Waals surface area (Å²) in [5.74, 6) is -1.24. The lowest BCUT2D eigenvalue weighted by Crippen LogP contribution is -2.42. The Kier molecular flexibility index (Phi) is 5.63. The first-order chi connectivity index (χ1) is 11.3. The van der Waals surface area contributed by atoms with Gasteiger partial charge in [0.1, 0.15) is 5.82 Å². The molecule has 2 N–H and O–H groups in total. The Morgan fingerprint density at radius 2 is 1.79 bits per heavy atom. The van der Waals surface area contributed by atoms with Crippen LogP contribution in [0.5, 0.6) is 0 Å². The standard InChI is InChI=1S/C15H17F4N3O2/c16-11-4-3-10(12(7-11)15(17,18)19)8-20-14(24)21-9-13(23)22-5-1-2-6-22/h3-4,7H,1-2,5-6,8-9H2,(H2,20,21,24). The number of carbonyl (C=O) groups is 2. The van der Waals surface area contributed by atoms with E-state index >= 15 is 0 Å². The molecule has 0 aliphatic carbocycles. The summed E-state index contributed by atoms with van der Waals surface area (Å²) in [6.07, 6.45) is -2.88. The molecule has 0 atom stereocenters. The van der Waals surface area contributed by atoms with Gasteiger partial charge in [0.25, 0.3) is 0 Å². The van der Waals surface area contributed by atoms with E-state index in [1.165, 1.54) is 0 Å². The van der Waals surface area contributed by atoms with E-state index in [1.807, 2.05) is 0 Å². The van der Waals surface area contributed by atoms with Crippen molar-refractivity contribution in [3.05, 3.63) is 35.1 Å². The molecule has 0 saturated carbocycles. The van der Waals surface area contributed by atoms with Crippen molar-refractivity contribution in [2.45, 2.75) is 25.6 Å². The minimum absolute atomic E-state index is 0.221. The Balaban J connectivity index is 1.86. The smallest absolute Gasteiger partial charge is 0.341 e. The van der Waals surface area contributed by atoms with Crippen LogP contribution in [-0.4, -0.2) is 36.5 Å². The van der Waals surface area contributed by atoms with Crippen molar-refractivity contribution in [3.8, 4) is 0 Å². The average Bonchev–Trinajstić information content (AvgIpc) is 3.05. The number of carbonyl (C=O) groups excluding carboxylic acids is 2. The maximum atomic E-state index is 13.0. The van der Waals surface area contributed by atoms with Crippen molar-refractivity contribution in [1.82, 2.24) is 15.5 Å². The number of urea groups is 1. The SMILES string of the molecule is O=C(NCC(=O)N1CCCC1)NCc1ccc(F)cc1C(F)(F)F. The highest BCUT2D eigenvalue weighted by Crippen LogP contribution is 2.32. The molecule has 1 aliphatic heterocycles. The van der Waals surface area contributed by atoms with Gasteiger partial charge in [0.15, 0.2) is 0 Å². The Hall–Kier alpha value is -2.32. The van der Waals surface area contributed by atoms with E-state index in [1.54, 1.807) is 4.90 Å². The molecule has 1 aromatic rings. The van der Waals surface area contributed by atoms with Gasteiger partial charge >= 0.3 is 12.2 Å². The molecule has 0 aromatic heterocycles. The lowest BCUT2D eigenvalue weighted by atomic mass is 10.1. The van der Waals surface area contributed by atoms with Crippen LogP contribution in [0.1, 0.15) is 24.0 Å². The number of nitrogens with one attached hydrogen (secondary N) is 2. The molecule has 132 valence electrons. The number of likely N-dealkylation sites (tertiary alicyclic amines) is 1. The molecule has 24 heavy (non-hydrogen) atoms. The molecule has 2 rings (SSSR count). The maximum absolute atomic E-state index is 13.0. The van der Waals surface area contributed by atoms with E-state index in [9.17, 15) is 27.2 Å². The van der Waals surface area contributed by atoms with Crippen LogP contribution in [0.25, 0.3) is 0 Å². The summed E-state index contributed by atoms with van der Waals surface area (Å²) in [5.41, 5.74) is -1.40. The fourth-order valence-corrected chi connectivity index (χ4v) is 2.44. The largest absolute Gasteiger partial charge is 0.416 e. The fourth-order valence-electron chi connectivity index (χ4n) is 2.44. The van der Waals surface area contributed by atoms with Crippen LogP contribution in [0, 0.1) is 5.82 Å². The van der Waals surface area contributed by atoms with Crippen LogP contribution in [0.15, 0.2) is 18.2 Å². The van der Waals surface area contributed by atoms with Crippen molar-refractivity contribution in [1.29, 1.82) is 0 Å². The Morgan fingerprint density at radius 1 is 1.12 bits per heavy atom. The summed E-state index contributed by atoms with van der Waals surface area (Å²) in [7, 11) is 0. The molecule has 1 aromatic carbocycles. The Labute approximate surface area is 136 Å². The second-order valence-electron chi connectivity index (χ2n) is 5.42. The number of hydrogen-bond donors (Lipinski definition) is 2. The monoisotopic (exact) mass is 347 g/mol. The molecule has 1 fully saturated rings. The lowest BCUT2D eigenvalue weighted by molar-refractivity contribution is -0.138. The summed E-state index contributed by atoms with van der Waals surface area (Å²) in [4.78, 5) is 25.0. The number of amides is 3. The normalized spacial score (nSPS) is 14.6. The fraction of sp³-hybridized carbons (Fsp3) is 0.467. The zero-order valence-corrected chi connectivity index (χ0v) is 12.8. The molecule has 9 heteroatoms. The third kappa shape index (κ3) is 4.84. The molecule has 0 radical (unpaired) electrons. The lowest BCUT2D eigenvalue weighted by Gasteiger charge is -2.16. The number of rotatable bonds is 4. The minimum atomic E-state index is -4.72. The number of halogens is 4. The molecule has 1 heterocycles. The Morgan fingerprint density at radius 3 is 2.42 bits per heavy atom. The van der Waals surface area contributed by atoms with Crippen LogP contribution >= 0.6 is 0 Å². The van der Waals surface area contributed by atoms with Gasteiger partial charge in [-0.15, -0.1) is 0 Å². The van der Waals surface area contributed by atoms with E-state index in [0.29, 0.717) is 19.2 Å². The van der Waals surface area contributed by atoms with E-state index in [-0.39, 0.29) is 18.0 Å². The predicted octanol–water partition coefficient (Wildman–Crippen LogP) is 2.27. The van der Waals surface area contributed by atoms with Gasteiger partial charge in [-0.05, 0) is 30.5 Å². The quantitative estimate of drug-likeness (QED) is 0.821. The molecule has 5 nitrogen and oxygen atoms in total. The highest BCUT2D eigenvalue weighted by atomic mass is 19.4. The molecule has 0 unspecified atom stereocenters. The summed E-state index contributed by atoms with van der Waals surface area (Å²) in [5, 5.41) is 4.54. The zero-order chi connectivity index (χ0) is 17.7. The van der Waals surface area contributed by atoms with Crippen molar-refractivity contribution in [3.63, 3.8) is 0 Å². The van der Waals surface area contributed by atoms with E-state index in [4.69, 9.17) is 0 Å². The summed E-state index contributed by atoms with van der Waals surface area (Å²) in [6.45, 7) is 0.638. The van der Waals surface area contributed by atoms with Gasteiger partial charge in [-0.3, -0.25) is 4.79 Å². The second kappa shape index (κ2) is 7.50. The van der Waals surface area contributed by atoms with Crippen LogP contribution in [-0.2, 0) is 17.5 Å². The van der Waals surface area contributed by atoms with Crippen molar-refractivity contribution in [2.24, 2.45) is 0 Å². The first kappa shape index (κ1) is 18.0. The van der Waals surface area contributed by atoms with Crippen LogP contribution in [0.4, 0.5) is 22.4 Å². The van der Waals surface area contributed by atoms with Crippen LogP contribution in [0.2, 0.25) is 0 Å². The third-order valence-corrected chi connectivity index (χ3v) is 3.68. The van der Waals surface area contributed by atoms with Crippen molar-refractivity contribution >= 4 is 11.9 Å². The van der Waals surface area contributed by atoms with Crippen LogP contribution in [0.3, 0.4) is 0 Å². The molecule has 3 amide bonds. The van der Waals surface area contributed by atoms with Gasteiger partial charge in [0.05, 0.1) is 12.1 Å². The minimum Gasteiger partial charge on any atom is -0.341 e. The summed E-state index contributed by atoms with van der Waals surface area (Å²) in [6, 6.07) is 1.47. The summed E-state index contributed by atoms with van der Waals surface area (Å²) >= 11 is 0. The first-order valence-electron chi connectivity index (χ1n) is 7.42. The highest BCUT2D eigenvalue weighted by Gasteiger charge is 2.33. The average molecular weight is 347 g/mol. The number of hydrogen-bond acceptors (Lipinski definition) is 2. The third-order valence-electron chi connectivity index (χ3n) is 3.68. The van der Waals surface area contributed by atoms with Gasteiger partial charge in [0, 0.05) is 19.6 Å². The van der Waals surface area contributed by atoms with Crippen molar-refractivity contribution < 1.29 is 27.2 Å². The number of alkyl halides is 3. The number of nitrogens with zero attached hydrogens (tertiary/aromatic N) is 1. The second-order valence-corrected chi connectivity index (χ2v) is 5.42. The van der Waals surface area contributed by atoms with E-state index in [2.05, 4.69) is 10.6 Å². The first-order valence-corrected chi connectivity index (χ1v) is 7.42. The Bertz CT molecular complexity index is 613. The topological polar surface area (TPSA) is 61.4 Å². The molecular formula is C15H17F4N3O2. The van der Waals surface area contributed by atoms with Gasteiger partial charge in [-0.2, -0.15) is 13.2 Å². The predicted molar refractivity (Wildman–Crippen MR) is 77.5 cm³/mol. The van der Waals surface area contributed by atoms with Crippen LogP contribution < -0.4 is 10.6 Å². The highest BCUT2D eigenvalue weighted by molar-refractivity contribution is 5.84. The van der Waals surface area contributed by atoms with E-state index in [0.717, 1.165) is 25.0 Å². The zero-order valence-electron chi connectivity index (χ0n) is 12.8. The maximum Gasteiger partial charge on any atom is 0.416 e. The number of benzene rings is 1. The van der Waals surface area contributed by atoms with Gasteiger partial charge in [-0.1, -0.05) is 6.07 Å². The molecule has 0 bridgehead atoms. The van der Waals surface area contributed by atoms with Gasteiger partial charge in [-0.25, -0.2) is 9.18 Å². The molecule has 0 spiro atoms. The molecular weight excluding hydrogens is 330 g/mol. The van der Waals surface area contributed by atoms with Crippen molar-refractivity contribution in [2.75, 3.05) is 19.6 Å². The van der Waals surface area contributed by atoms with Gasteiger partial charge < -0.3 is 15.5 Å². The van der Waals surface area contributed by atoms with E-state index < -0.39 is 30.1 Å². The molecule has 1 saturated heterocycles. The molecule has 1 aliphatic rings. The van der Waals surface area contributed by atoms with Gasteiger partial charge in [0.2, 0.25) is 5.91 Å². The summed E-state index contributed by atoms with van der Waals surface area (Å²) < 4.78 is 51.5.